The maximum absolute atomic E-state index is 13.9. The average Bonchev–Trinajstić information content (AvgIpc) is 2.94. The third-order valence-electron chi connectivity index (χ3n) is 5.17. The number of aryl methyl sites for hydroxylation is 2. The molecule has 2 amide bonds. The molecule has 1 aromatic heterocycles. The van der Waals surface area contributed by atoms with Crippen molar-refractivity contribution < 1.29 is 18.3 Å². The Hall–Kier alpha value is -3.40. The van der Waals surface area contributed by atoms with Crippen molar-refractivity contribution in [3.8, 4) is 0 Å². The molecule has 30 heavy (non-hydrogen) atoms. The first kappa shape index (κ1) is 19.9. The van der Waals surface area contributed by atoms with Crippen molar-refractivity contribution in [1.82, 2.24) is 9.13 Å². The van der Waals surface area contributed by atoms with E-state index in [1.807, 2.05) is 11.0 Å². The van der Waals surface area contributed by atoms with Gasteiger partial charge in [-0.05, 0) is 24.3 Å². The van der Waals surface area contributed by atoms with Crippen molar-refractivity contribution in [3.63, 3.8) is 0 Å². The number of morpholine rings is 1. The zero-order valence-electron chi connectivity index (χ0n) is 16.5. The van der Waals surface area contributed by atoms with Crippen LogP contribution < -0.4 is 21.2 Å². The molecule has 158 valence electrons. The zero-order valence-corrected chi connectivity index (χ0v) is 16.5. The Morgan fingerprint density at radius 1 is 0.967 bits per heavy atom. The van der Waals surface area contributed by atoms with Gasteiger partial charge in [0.05, 0.1) is 41.3 Å². The molecule has 0 aliphatic carbocycles. The molecule has 1 fully saturated rings. The Balaban J connectivity index is 1.72. The Morgan fingerprint density at radius 3 is 2.30 bits per heavy atom. The number of nitrogens with one attached hydrogen (secondary N) is 2. The first-order valence-electron chi connectivity index (χ1n) is 9.40. The van der Waals surface area contributed by atoms with Gasteiger partial charge in [-0.15, -0.1) is 0 Å². The summed E-state index contributed by atoms with van der Waals surface area (Å²) in [5, 5.41) is 5.03. The summed E-state index contributed by atoms with van der Waals surface area (Å²) >= 11 is 0. The molecule has 2 heterocycles. The summed E-state index contributed by atoms with van der Waals surface area (Å²) in [4.78, 5) is 26.9. The summed E-state index contributed by atoms with van der Waals surface area (Å²) in [5.74, 6) is -1.41. The van der Waals surface area contributed by atoms with E-state index in [4.69, 9.17) is 4.74 Å². The van der Waals surface area contributed by atoms with Crippen LogP contribution in [0.3, 0.4) is 0 Å². The fourth-order valence-corrected chi connectivity index (χ4v) is 3.57. The fourth-order valence-electron chi connectivity index (χ4n) is 3.57. The van der Waals surface area contributed by atoms with E-state index in [-0.39, 0.29) is 11.4 Å². The number of aromatic nitrogens is 2. The number of nitrogens with zero attached hydrogens (tertiary/aromatic N) is 3. The first-order chi connectivity index (χ1) is 14.3. The topological polar surface area (TPSA) is 80.5 Å². The number of halogens is 2. The van der Waals surface area contributed by atoms with Gasteiger partial charge < -0.3 is 20.3 Å². The van der Waals surface area contributed by atoms with Crippen LogP contribution in [0.1, 0.15) is 0 Å². The highest BCUT2D eigenvalue weighted by Gasteiger charge is 2.20. The van der Waals surface area contributed by atoms with Crippen LogP contribution in [0.25, 0.3) is 11.0 Å². The summed E-state index contributed by atoms with van der Waals surface area (Å²) in [7, 11) is 3.32. The molecular formula is C20H21F2N5O3. The first-order valence-corrected chi connectivity index (χ1v) is 9.40. The van der Waals surface area contributed by atoms with Gasteiger partial charge in [-0.25, -0.2) is 18.4 Å². The van der Waals surface area contributed by atoms with Crippen LogP contribution in [0.4, 0.5) is 30.6 Å². The SMILES string of the molecule is Cn1c(=O)n(C)c2cc(N3CCOCC3)c(NC(=O)Nc3cc(F)ccc3F)cc21. The number of amides is 2. The number of carbonyl (C=O) groups excluding carboxylic acids is 1. The second kappa shape index (κ2) is 7.79. The quantitative estimate of drug-likeness (QED) is 0.687. The molecule has 8 nitrogen and oxygen atoms in total. The summed E-state index contributed by atoms with van der Waals surface area (Å²) in [6, 6.07) is 5.62. The lowest BCUT2D eigenvalue weighted by molar-refractivity contribution is 0.123. The Kier molecular flexibility index (Phi) is 5.17. The van der Waals surface area contributed by atoms with Crippen LogP contribution in [0.2, 0.25) is 0 Å². The van der Waals surface area contributed by atoms with Crippen LogP contribution in [0.15, 0.2) is 35.1 Å². The maximum Gasteiger partial charge on any atom is 0.328 e. The largest absolute Gasteiger partial charge is 0.378 e. The van der Waals surface area contributed by atoms with E-state index in [2.05, 4.69) is 10.6 Å². The maximum atomic E-state index is 13.9. The second-order valence-electron chi connectivity index (χ2n) is 7.06. The van der Waals surface area contributed by atoms with E-state index < -0.39 is 17.7 Å². The average molecular weight is 417 g/mol. The molecule has 0 radical (unpaired) electrons. The van der Waals surface area contributed by atoms with Crippen molar-refractivity contribution >= 4 is 34.1 Å². The van der Waals surface area contributed by atoms with Crippen molar-refractivity contribution in [2.24, 2.45) is 14.1 Å². The van der Waals surface area contributed by atoms with Gasteiger partial charge in [-0.3, -0.25) is 9.13 Å². The minimum atomic E-state index is -0.749. The summed E-state index contributed by atoms with van der Waals surface area (Å²) in [6.45, 7) is 2.29. The third-order valence-corrected chi connectivity index (χ3v) is 5.17. The molecule has 0 unspecified atom stereocenters. The molecular weight excluding hydrogens is 396 g/mol. The van der Waals surface area contributed by atoms with E-state index in [0.717, 1.165) is 18.2 Å². The van der Waals surface area contributed by atoms with Gasteiger partial charge in [0.25, 0.3) is 0 Å². The van der Waals surface area contributed by atoms with E-state index in [1.54, 1.807) is 20.2 Å². The Labute approximate surface area is 170 Å². The van der Waals surface area contributed by atoms with Gasteiger partial charge >= 0.3 is 11.7 Å². The highest BCUT2D eigenvalue weighted by atomic mass is 19.1. The monoisotopic (exact) mass is 417 g/mol. The summed E-state index contributed by atoms with van der Waals surface area (Å²) in [6.07, 6.45) is 0. The lowest BCUT2D eigenvalue weighted by Gasteiger charge is -2.30. The molecule has 3 aromatic rings. The number of fused-ring (bicyclic) bond motifs is 1. The standard InChI is InChI=1S/C20H21F2N5O3/c1-25-17-10-15(24-19(28)23-14-9-12(21)3-4-13(14)22)16(27-5-7-30-8-6-27)11-18(17)26(2)20(25)29/h3-4,9-11H,5-8H2,1-2H3,(H2,23,24,28). The Bertz CT molecular complexity index is 1180. The van der Waals surface area contributed by atoms with E-state index in [0.29, 0.717) is 48.7 Å². The predicted molar refractivity (Wildman–Crippen MR) is 110 cm³/mol. The minimum Gasteiger partial charge on any atom is -0.378 e. The van der Waals surface area contributed by atoms with Gasteiger partial charge in [0, 0.05) is 33.3 Å². The molecule has 0 spiro atoms. The van der Waals surface area contributed by atoms with Crippen molar-refractivity contribution in [1.29, 1.82) is 0 Å². The molecule has 0 saturated carbocycles. The number of anilines is 3. The van der Waals surface area contributed by atoms with E-state index in [1.165, 1.54) is 9.13 Å². The van der Waals surface area contributed by atoms with Gasteiger partial charge in [0.15, 0.2) is 0 Å². The molecule has 4 rings (SSSR count). The molecule has 1 aliphatic rings. The lowest BCUT2D eigenvalue weighted by Crippen LogP contribution is -2.37. The van der Waals surface area contributed by atoms with Gasteiger partial charge in [-0.2, -0.15) is 0 Å². The number of benzene rings is 2. The van der Waals surface area contributed by atoms with Crippen LogP contribution in [0.5, 0.6) is 0 Å². The number of imidazole rings is 1. The highest BCUT2D eigenvalue weighted by molar-refractivity contribution is 6.04. The highest BCUT2D eigenvalue weighted by Crippen LogP contribution is 2.32. The Morgan fingerprint density at radius 2 is 1.60 bits per heavy atom. The van der Waals surface area contributed by atoms with Gasteiger partial charge in [-0.1, -0.05) is 0 Å². The molecule has 1 saturated heterocycles. The van der Waals surface area contributed by atoms with Crippen molar-refractivity contribution in [2.75, 3.05) is 41.8 Å². The molecule has 2 N–H and O–H groups in total. The van der Waals surface area contributed by atoms with Gasteiger partial charge in [0.1, 0.15) is 11.6 Å². The summed E-state index contributed by atoms with van der Waals surface area (Å²) < 4.78 is 35.7. The minimum absolute atomic E-state index is 0.193. The van der Waals surface area contributed by atoms with E-state index in [9.17, 15) is 18.4 Å². The van der Waals surface area contributed by atoms with E-state index >= 15 is 0 Å². The zero-order chi connectivity index (χ0) is 21.4. The number of rotatable bonds is 3. The van der Waals surface area contributed by atoms with Crippen LogP contribution >= 0.6 is 0 Å². The van der Waals surface area contributed by atoms with Gasteiger partial charge in [0.2, 0.25) is 0 Å². The smallest absolute Gasteiger partial charge is 0.328 e. The van der Waals surface area contributed by atoms with Crippen LogP contribution in [-0.2, 0) is 18.8 Å². The number of ether oxygens (including phenoxy) is 1. The van der Waals surface area contributed by atoms with Crippen LogP contribution in [-0.4, -0.2) is 41.5 Å². The second-order valence-corrected chi connectivity index (χ2v) is 7.06. The molecule has 2 aromatic carbocycles. The van der Waals surface area contributed by atoms with Crippen LogP contribution in [0, 0.1) is 11.6 Å². The molecule has 10 heteroatoms. The van der Waals surface area contributed by atoms with Crippen molar-refractivity contribution in [2.45, 2.75) is 0 Å². The fraction of sp³-hybridized carbons (Fsp3) is 0.300. The third kappa shape index (κ3) is 3.61. The number of hydrogen-bond acceptors (Lipinski definition) is 4. The number of hydrogen-bond donors (Lipinski definition) is 2. The lowest BCUT2D eigenvalue weighted by atomic mass is 10.2. The van der Waals surface area contributed by atoms with Crippen molar-refractivity contribution in [3.05, 3.63) is 52.5 Å². The number of urea groups is 1. The predicted octanol–water partition coefficient (Wildman–Crippen LogP) is 2.64. The molecule has 0 bridgehead atoms. The molecule has 0 atom stereocenters. The number of carbonyl (C=O) groups is 1. The normalized spacial score (nSPS) is 14.2. The molecule has 1 aliphatic heterocycles. The summed E-state index contributed by atoms with van der Waals surface area (Å²) in [5.41, 5.74) is 2.04.